The minimum absolute atomic E-state index is 0. The number of hydrogen-bond acceptors (Lipinski definition) is 3. The molecule has 1 aliphatic heterocycles. The normalized spacial score (nSPS) is 19.0. The van der Waals surface area contributed by atoms with E-state index in [4.69, 9.17) is 21.1 Å². The fourth-order valence-corrected chi connectivity index (χ4v) is 3.73. The zero-order chi connectivity index (χ0) is 19.0. The first-order chi connectivity index (χ1) is 13.2. The highest BCUT2D eigenvalue weighted by molar-refractivity contribution is 14.0. The quantitative estimate of drug-likeness (QED) is 0.223. The summed E-state index contributed by atoms with van der Waals surface area (Å²) in [7, 11) is 1.81. The Bertz CT molecular complexity index is 619. The van der Waals surface area contributed by atoms with Crippen LogP contribution in [0.4, 0.5) is 0 Å². The summed E-state index contributed by atoms with van der Waals surface area (Å²) in [6.45, 7) is 4.96. The Hall–Kier alpha value is -0.570. The maximum atomic E-state index is 6.25. The summed E-state index contributed by atoms with van der Waals surface area (Å²) in [6, 6.07) is 8.22. The van der Waals surface area contributed by atoms with Crippen LogP contribution in [0.5, 0.6) is 0 Å². The SMILES string of the molecule is CN=C(NCCCOCC1CC1)NCC1(c2cccc(Cl)c2)CCOCC1.I. The predicted molar refractivity (Wildman–Crippen MR) is 126 cm³/mol. The van der Waals surface area contributed by atoms with Crippen LogP contribution in [0.2, 0.25) is 5.02 Å². The smallest absolute Gasteiger partial charge is 0.191 e. The van der Waals surface area contributed by atoms with Gasteiger partial charge in [0.2, 0.25) is 0 Å². The van der Waals surface area contributed by atoms with Gasteiger partial charge in [0.25, 0.3) is 0 Å². The van der Waals surface area contributed by atoms with E-state index in [0.717, 1.165) is 75.7 Å². The number of guanidine groups is 1. The lowest BCUT2D eigenvalue weighted by atomic mass is 9.74. The molecule has 1 saturated heterocycles. The maximum Gasteiger partial charge on any atom is 0.191 e. The Morgan fingerprint density at radius 3 is 2.75 bits per heavy atom. The Labute approximate surface area is 191 Å². The summed E-state index contributed by atoms with van der Waals surface area (Å²) < 4.78 is 11.3. The van der Waals surface area contributed by atoms with Crippen LogP contribution in [0.25, 0.3) is 0 Å². The minimum atomic E-state index is 0. The second-order valence-electron chi connectivity index (χ2n) is 7.63. The number of rotatable bonds is 9. The van der Waals surface area contributed by atoms with Crippen molar-refractivity contribution in [1.29, 1.82) is 0 Å². The van der Waals surface area contributed by atoms with E-state index in [1.165, 1.54) is 18.4 Å². The molecular formula is C21H33ClIN3O2. The van der Waals surface area contributed by atoms with Crippen LogP contribution in [0.15, 0.2) is 29.3 Å². The van der Waals surface area contributed by atoms with Crippen molar-refractivity contribution in [2.24, 2.45) is 10.9 Å². The lowest BCUT2D eigenvalue weighted by Crippen LogP contribution is -2.48. The number of nitrogens with zero attached hydrogens (tertiary/aromatic N) is 1. The zero-order valence-electron chi connectivity index (χ0n) is 16.7. The zero-order valence-corrected chi connectivity index (χ0v) is 19.8. The van der Waals surface area contributed by atoms with Crippen molar-refractivity contribution in [1.82, 2.24) is 10.6 Å². The summed E-state index contributed by atoms with van der Waals surface area (Å²) >= 11 is 6.25. The second kappa shape index (κ2) is 12.2. The molecule has 1 aliphatic carbocycles. The van der Waals surface area contributed by atoms with E-state index in [1.807, 2.05) is 19.2 Å². The van der Waals surface area contributed by atoms with Gasteiger partial charge in [-0.15, -0.1) is 24.0 Å². The number of aliphatic imine (C=N–C) groups is 1. The van der Waals surface area contributed by atoms with Crippen molar-refractivity contribution in [3.8, 4) is 0 Å². The molecule has 28 heavy (non-hydrogen) atoms. The highest BCUT2D eigenvalue weighted by Gasteiger charge is 2.34. The highest BCUT2D eigenvalue weighted by Crippen LogP contribution is 2.35. The number of halogens is 2. The third-order valence-corrected chi connectivity index (χ3v) is 5.75. The van der Waals surface area contributed by atoms with Crippen LogP contribution in [-0.2, 0) is 14.9 Å². The van der Waals surface area contributed by atoms with Crippen molar-refractivity contribution in [2.45, 2.75) is 37.5 Å². The van der Waals surface area contributed by atoms with Gasteiger partial charge in [0, 0.05) is 57.0 Å². The molecule has 1 saturated carbocycles. The van der Waals surface area contributed by atoms with Crippen molar-refractivity contribution in [3.63, 3.8) is 0 Å². The first kappa shape index (κ1) is 23.7. The van der Waals surface area contributed by atoms with Gasteiger partial charge in [0.1, 0.15) is 0 Å². The third kappa shape index (κ3) is 7.35. The van der Waals surface area contributed by atoms with Crippen molar-refractivity contribution in [3.05, 3.63) is 34.9 Å². The molecule has 7 heteroatoms. The summed E-state index contributed by atoms with van der Waals surface area (Å²) in [4.78, 5) is 4.37. The van der Waals surface area contributed by atoms with Gasteiger partial charge < -0.3 is 20.1 Å². The molecule has 0 radical (unpaired) electrons. The molecule has 0 atom stereocenters. The molecule has 2 aliphatic rings. The summed E-state index contributed by atoms with van der Waals surface area (Å²) in [5.74, 6) is 1.67. The molecule has 1 heterocycles. The predicted octanol–water partition coefficient (Wildman–Crippen LogP) is 3.99. The molecule has 0 amide bonds. The molecule has 5 nitrogen and oxygen atoms in total. The molecule has 0 aromatic heterocycles. The van der Waals surface area contributed by atoms with Crippen molar-refractivity contribution in [2.75, 3.05) is 46.6 Å². The van der Waals surface area contributed by atoms with Gasteiger partial charge in [-0.1, -0.05) is 23.7 Å². The van der Waals surface area contributed by atoms with Gasteiger partial charge >= 0.3 is 0 Å². The number of hydrogen-bond donors (Lipinski definition) is 2. The van der Waals surface area contributed by atoms with Crippen molar-refractivity contribution < 1.29 is 9.47 Å². The molecule has 1 aromatic carbocycles. The van der Waals surface area contributed by atoms with Crippen LogP contribution >= 0.6 is 35.6 Å². The summed E-state index contributed by atoms with van der Waals surface area (Å²) in [5, 5.41) is 7.70. The minimum Gasteiger partial charge on any atom is -0.381 e. The molecular weight excluding hydrogens is 489 g/mol. The van der Waals surface area contributed by atoms with Gasteiger partial charge in [-0.3, -0.25) is 4.99 Å². The molecule has 0 unspecified atom stereocenters. The monoisotopic (exact) mass is 521 g/mol. The van der Waals surface area contributed by atoms with Gasteiger partial charge in [-0.25, -0.2) is 0 Å². The van der Waals surface area contributed by atoms with Crippen molar-refractivity contribution >= 4 is 41.5 Å². The molecule has 2 N–H and O–H groups in total. The number of nitrogens with one attached hydrogen (secondary N) is 2. The van der Waals surface area contributed by atoms with E-state index in [-0.39, 0.29) is 29.4 Å². The Morgan fingerprint density at radius 1 is 1.29 bits per heavy atom. The van der Waals surface area contributed by atoms with E-state index in [1.54, 1.807) is 0 Å². The fourth-order valence-electron chi connectivity index (χ4n) is 3.54. The molecule has 0 bridgehead atoms. The summed E-state index contributed by atoms with van der Waals surface area (Å²) in [5.41, 5.74) is 1.29. The molecule has 2 fully saturated rings. The average molecular weight is 522 g/mol. The van der Waals surface area contributed by atoms with E-state index in [9.17, 15) is 0 Å². The van der Waals surface area contributed by atoms with Gasteiger partial charge in [-0.2, -0.15) is 0 Å². The first-order valence-electron chi connectivity index (χ1n) is 10.1. The summed E-state index contributed by atoms with van der Waals surface area (Å²) in [6.07, 6.45) is 5.63. The fraction of sp³-hybridized carbons (Fsp3) is 0.667. The maximum absolute atomic E-state index is 6.25. The Kier molecular flexibility index (Phi) is 10.3. The van der Waals surface area contributed by atoms with E-state index in [2.05, 4.69) is 27.8 Å². The van der Waals surface area contributed by atoms with E-state index >= 15 is 0 Å². The van der Waals surface area contributed by atoms with E-state index in [0.29, 0.717) is 0 Å². The molecule has 3 rings (SSSR count). The largest absolute Gasteiger partial charge is 0.381 e. The standard InChI is InChI=1S/C21H32ClN3O2.HI/c1-23-20(24-10-3-11-27-15-17-6-7-17)25-16-21(8-12-26-13-9-21)18-4-2-5-19(22)14-18;/h2,4-5,14,17H,3,6-13,15-16H2,1H3,(H2,23,24,25);1H. The number of ether oxygens (including phenoxy) is 2. The van der Waals surface area contributed by atoms with Gasteiger partial charge in [-0.05, 0) is 55.7 Å². The Balaban J connectivity index is 0.00000280. The number of benzene rings is 1. The van der Waals surface area contributed by atoms with Crippen LogP contribution < -0.4 is 10.6 Å². The van der Waals surface area contributed by atoms with Gasteiger partial charge in [0.05, 0.1) is 0 Å². The van der Waals surface area contributed by atoms with Crippen LogP contribution in [0, 0.1) is 5.92 Å². The second-order valence-corrected chi connectivity index (χ2v) is 8.06. The molecule has 1 aromatic rings. The Morgan fingerprint density at radius 2 is 2.07 bits per heavy atom. The topological polar surface area (TPSA) is 54.9 Å². The lowest BCUT2D eigenvalue weighted by molar-refractivity contribution is 0.0514. The lowest BCUT2D eigenvalue weighted by Gasteiger charge is -2.38. The van der Waals surface area contributed by atoms with Gasteiger partial charge in [0.15, 0.2) is 5.96 Å². The van der Waals surface area contributed by atoms with E-state index < -0.39 is 0 Å². The first-order valence-corrected chi connectivity index (χ1v) is 10.5. The van der Waals surface area contributed by atoms with Crippen LogP contribution in [0.1, 0.15) is 37.7 Å². The average Bonchev–Trinajstić information content (AvgIpc) is 3.52. The highest BCUT2D eigenvalue weighted by atomic mass is 127. The molecule has 158 valence electrons. The molecule has 0 spiro atoms. The third-order valence-electron chi connectivity index (χ3n) is 5.51. The van der Waals surface area contributed by atoms with Crippen LogP contribution in [-0.4, -0.2) is 52.5 Å². The van der Waals surface area contributed by atoms with Crippen LogP contribution in [0.3, 0.4) is 0 Å².